The molecule has 0 amide bonds. The molecule has 0 fully saturated rings. The SMILES string of the molecule is COc1ccc(Cc2c(NS(=O)(=O)c3ccc(C)cc3)ncnc2OC)cc1. The van der Waals surface area contributed by atoms with Crippen LogP contribution < -0.4 is 14.2 Å². The third-order valence-electron chi connectivity index (χ3n) is 4.20. The Bertz CT molecular complexity index is 1050. The van der Waals surface area contributed by atoms with Gasteiger partial charge in [0.2, 0.25) is 5.88 Å². The van der Waals surface area contributed by atoms with E-state index in [4.69, 9.17) is 9.47 Å². The third kappa shape index (κ3) is 4.40. The number of aryl methyl sites for hydroxylation is 1. The van der Waals surface area contributed by atoms with E-state index in [9.17, 15) is 8.42 Å². The molecule has 1 N–H and O–H groups in total. The van der Waals surface area contributed by atoms with Crippen molar-refractivity contribution in [3.05, 3.63) is 71.5 Å². The molecule has 28 heavy (non-hydrogen) atoms. The van der Waals surface area contributed by atoms with Crippen LogP contribution in [0.15, 0.2) is 59.8 Å². The van der Waals surface area contributed by atoms with Crippen LogP contribution >= 0.6 is 0 Å². The lowest BCUT2D eigenvalue weighted by Gasteiger charge is -2.14. The molecular weight excluding hydrogens is 378 g/mol. The van der Waals surface area contributed by atoms with Gasteiger partial charge in [-0.2, -0.15) is 0 Å². The minimum Gasteiger partial charge on any atom is -0.497 e. The molecule has 2 aromatic carbocycles. The van der Waals surface area contributed by atoms with Crippen molar-refractivity contribution in [2.24, 2.45) is 0 Å². The molecular formula is C20H21N3O4S. The van der Waals surface area contributed by atoms with E-state index in [1.807, 2.05) is 31.2 Å². The summed E-state index contributed by atoms with van der Waals surface area (Å²) in [4.78, 5) is 8.41. The summed E-state index contributed by atoms with van der Waals surface area (Å²) < 4.78 is 38.6. The van der Waals surface area contributed by atoms with Crippen LogP contribution in [0.5, 0.6) is 11.6 Å². The molecule has 8 heteroatoms. The normalized spacial score (nSPS) is 11.1. The molecule has 0 aliphatic heterocycles. The van der Waals surface area contributed by atoms with Crippen LogP contribution in [0, 0.1) is 6.92 Å². The van der Waals surface area contributed by atoms with Crippen molar-refractivity contribution in [3.8, 4) is 11.6 Å². The van der Waals surface area contributed by atoms with Crippen molar-refractivity contribution >= 4 is 15.8 Å². The van der Waals surface area contributed by atoms with E-state index < -0.39 is 10.0 Å². The Hall–Kier alpha value is -3.13. The number of rotatable bonds is 7. The van der Waals surface area contributed by atoms with Gasteiger partial charge in [-0.1, -0.05) is 29.8 Å². The molecule has 3 rings (SSSR count). The maximum atomic E-state index is 12.8. The zero-order valence-electron chi connectivity index (χ0n) is 15.8. The lowest BCUT2D eigenvalue weighted by atomic mass is 10.1. The van der Waals surface area contributed by atoms with Gasteiger partial charge in [-0.05, 0) is 36.8 Å². The maximum Gasteiger partial charge on any atom is 0.263 e. The topological polar surface area (TPSA) is 90.4 Å². The minimum absolute atomic E-state index is 0.158. The molecule has 0 radical (unpaired) electrons. The van der Waals surface area contributed by atoms with Crippen LogP contribution in [0.3, 0.4) is 0 Å². The van der Waals surface area contributed by atoms with Crippen molar-refractivity contribution in [1.29, 1.82) is 0 Å². The number of ether oxygens (including phenoxy) is 2. The van der Waals surface area contributed by atoms with Crippen LogP contribution in [-0.2, 0) is 16.4 Å². The molecule has 0 aliphatic carbocycles. The summed E-state index contributed by atoms with van der Waals surface area (Å²) >= 11 is 0. The van der Waals surface area contributed by atoms with Gasteiger partial charge in [-0.3, -0.25) is 4.72 Å². The molecule has 0 atom stereocenters. The summed E-state index contributed by atoms with van der Waals surface area (Å²) in [5.41, 5.74) is 2.46. The van der Waals surface area contributed by atoms with Gasteiger partial charge in [-0.15, -0.1) is 0 Å². The Kier molecular flexibility index (Phi) is 5.79. The average Bonchev–Trinajstić information content (AvgIpc) is 2.70. The van der Waals surface area contributed by atoms with Gasteiger partial charge in [0.1, 0.15) is 12.1 Å². The summed E-state index contributed by atoms with van der Waals surface area (Å²) in [6, 6.07) is 14.1. The molecule has 0 spiro atoms. The fourth-order valence-corrected chi connectivity index (χ4v) is 3.71. The summed E-state index contributed by atoms with van der Waals surface area (Å²) in [5.74, 6) is 1.23. The summed E-state index contributed by atoms with van der Waals surface area (Å²) in [6.45, 7) is 1.89. The van der Waals surface area contributed by atoms with E-state index >= 15 is 0 Å². The lowest BCUT2D eigenvalue weighted by molar-refractivity contribution is 0.392. The van der Waals surface area contributed by atoms with Crippen LogP contribution in [-0.4, -0.2) is 32.6 Å². The third-order valence-corrected chi connectivity index (χ3v) is 5.56. The fraction of sp³-hybridized carbons (Fsp3) is 0.200. The van der Waals surface area contributed by atoms with Crippen LogP contribution in [0.2, 0.25) is 0 Å². The first kappa shape index (κ1) is 19.6. The van der Waals surface area contributed by atoms with Crippen molar-refractivity contribution in [2.75, 3.05) is 18.9 Å². The van der Waals surface area contributed by atoms with E-state index in [-0.39, 0.29) is 10.7 Å². The quantitative estimate of drug-likeness (QED) is 0.656. The average molecular weight is 399 g/mol. The molecule has 0 bridgehead atoms. The Labute approximate surface area is 164 Å². The standard InChI is InChI=1S/C20H21N3O4S/c1-14-4-10-17(11-5-14)28(24,25)23-19-18(20(27-3)22-13-21-19)12-15-6-8-16(26-2)9-7-15/h4-11,13H,12H2,1-3H3,(H,21,22,23). The second-order valence-electron chi connectivity index (χ2n) is 6.15. The Morgan fingerprint density at radius 2 is 1.61 bits per heavy atom. The smallest absolute Gasteiger partial charge is 0.263 e. The number of nitrogens with one attached hydrogen (secondary N) is 1. The number of benzene rings is 2. The van der Waals surface area contributed by atoms with Gasteiger partial charge in [0.05, 0.1) is 24.7 Å². The summed E-state index contributed by atoms with van der Waals surface area (Å²) in [6.07, 6.45) is 1.66. The molecule has 0 aliphatic rings. The predicted octanol–water partition coefficient (Wildman–Crippen LogP) is 3.19. The number of sulfonamides is 1. The number of hydrogen-bond acceptors (Lipinski definition) is 6. The molecule has 0 unspecified atom stereocenters. The Morgan fingerprint density at radius 3 is 2.21 bits per heavy atom. The van der Waals surface area contributed by atoms with E-state index in [2.05, 4.69) is 14.7 Å². The Balaban J connectivity index is 1.95. The van der Waals surface area contributed by atoms with Crippen molar-refractivity contribution in [1.82, 2.24) is 9.97 Å². The summed E-state index contributed by atoms with van der Waals surface area (Å²) in [5, 5.41) is 0. The number of aromatic nitrogens is 2. The van der Waals surface area contributed by atoms with Gasteiger partial charge in [0.15, 0.2) is 5.82 Å². The molecule has 1 heterocycles. The highest BCUT2D eigenvalue weighted by atomic mass is 32.2. The highest BCUT2D eigenvalue weighted by molar-refractivity contribution is 7.92. The van der Waals surface area contributed by atoms with Gasteiger partial charge < -0.3 is 9.47 Å². The first-order chi connectivity index (χ1) is 13.4. The second-order valence-corrected chi connectivity index (χ2v) is 7.84. The number of anilines is 1. The van der Waals surface area contributed by atoms with E-state index in [1.54, 1.807) is 31.4 Å². The highest BCUT2D eigenvalue weighted by Gasteiger charge is 2.20. The van der Waals surface area contributed by atoms with Crippen molar-refractivity contribution < 1.29 is 17.9 Å². The first-order valence-electron chi connectivity index (χ1n) is 8.53. The largest absolute Gasteiger partial charge is 0.497 e. The molecule has 0 saturated carbocycles. The summed E-state index contributed by atoms with van der Waals surface area (Å²) in [7, 11) is -0.714. The van der Waals surface area contributed by atoms with Crippen LogP contribution in [0.1, 0.15) is 16.7 Å². The first-order valence-corrected chi connectivity index (χ1v) is 10.0. The minimum atomic E-state index is -3.80. The molecule has 3 aromatic rings. The van der Waals surface area contributed by atoms with Crippen LogP contribution in [0.25, 0.3) is 0 Å². The zero-order chi connectivity index (χ0) is 20.1. The fourth-order valence-electron chi connectivity index (χ4n) is 2.67. The van der Waals surface area contributed by atoms with E-state index in [0.29, 0.717) is 17.9 Å². The molecule has 7 nitrogen and oxygen atoms in total. The molecule has 1 aromatic heterocycles. The van der Waals surface area contributed by atoms with Crippen molar-refractivity contribution in [3.63, 3.8) is 0 Å². The van der Waals surface area contributed by atoms with Crippen molar-refractivity contribution in [2.45, 2.75) is 18.2 Å². The number of methoxy groups -OCH3 is 2. The van der Waals surface area contributed by atoms with Crippen LogP contribution in [0.4, 0.5) is 5.82 Å². The van der Waals surface area contributed by atoms with Gasteiger partial charge in [-0.25, -0.2) is 18.4 Å². The molecule has 0 saturated heterocycles. The lowest BCUT2D eigenvalue weighted by Crippen LogP contribution is -2.16. The maximum absolute atomic E-state index is 12.8. The van der Waals surface area contributed by atoms with E-state index in [0.717, 1.165) is 16.9 Å². The van der Waals surface area contributed by atoms with Gasteiger partial charge >= 0.3 is 0 Å². The van der Waals surface area contributed by atoms with E-state index in [1.165, 1.54) is 13.4 Å². The number of nitrogens with zero attached hydrogens (tertiary/aromatic N) is 2. The zero-order valence-corrected chi connectivity index (χ0v) is 16.7. The second kappa shape index (κ2) is 8.26. The Morgan fingerprint density at radius 1 is 0.929 bits per heavy atom. The number of hydrogen-bond donors (Lipinski definition) is 1. The molecule has 146 valence electrons. The van der Waals surface area contributed by atoms with Gasteiger partial charge in [0.25, 0.3) is 10.0 Å². The monoisotopic (exact) mass is 399 g/mol. The predicted molar refractivity (Wildman–Crippen MR) is 106 cm³/mol. The highest BCUT2D eigenvalue weighted by Crippen LogP contribution is 2.27. The van der Waals surface area contributed by atoms with Gasteiger partial charge in [0, 0.05) is 6.42 Å².